The third-order valence-electron chi connectivity index (χ3n) is 2.32. The summed E-state index contributed by atoms with van der Waals surface area (Å²) in [6.45, 7) is 0.206. The van der Waals surface area contributed by atoms with Gasteiger partial charge in [0.15, 0.2) is 0 Å². The molecule has 0 heterocycles. The predicted octanol–water partition coefficient (Wildman–Crippen LogP) is 3.62. The molecule has 7 heteroatoms. The van der Waals surface area contributed by atoms with Gasteiger partial charge in [-0.05, 0) is 43.1 Å². The van der Waals surface area contributed by atoms with Crippen molar-refractivity contribution in [3.8, 4) is 0 Å². The molecule has 0 saturated heterocycles. The van der Waals surface area contributed by atoms with Gasteiger partial charge >= 0.3 is 12.4 Å². The van der Waals surface area contributed by atoms with E-state index in [1.807, 2.05) is 0 Å². The number of rotatable bonds is 3. The average Bonchev–Trinajstić information content (AvgIpc) is 2.23. The van der Waals surface area contributed by atoms with Crippen molar-refractivity contribution in [1.29, 1.82) is 0 Å². The molecule has 0 bridgehead atoms. The minimum Gasteiger partial charge on any atom is -0.330 e. The normalized spacial score (nSPS) is 12.8. The van der Waals surface area contributed by atoms with Crippen molar-refractivity contribution >= 4 is 0 Å². The molecule has 0 spiro atoms. The second kappa shape index (κ2) is 5.17. The largest absolute Gasteiger partial charge is 0.416 e. The smallest absolute Gasteiger partial charge is 0.330 e. The van der Waals surface area contributed by atoms with E-state index in [4.69, 9.17) is 5.73 Å². The molecule has 102 valence electrons. The fraction of sp³-hybridized carbons (Fsp3) is 0.455. The van der Waals surface area contributed by atoms with E-state index in [0.717, 1.165) is 12.1 Å². The fourth-order valence-corrected chi connectivity index (χ4v) is 1.47. The molecule has 0 fully saturated rings. The molecule has 0 aromatic heterocycles. The van der Waals surface area contributed by atoms with Crippen molar-refractivity contribution in [2.24, 2.45) is 5.73 Å². The third-order valence-corrected chi connectivity index (χ3v) is 2.32. The molecule has 1 nitrogen and oxygen atoms in total. The molecule has 0 aliphatic carbocycles. The minimum atomic E-state index is -4.79. The molecule has 0 aliphatic rings. The lowest BCUT2D eigenvalue weighted by Crippen LogP contribution is -2.12. The van der Waals surface area contributed by atoms with Gasteiger partial charge in [0, 0.05) is 0 Å². The number of hydrogen-bond acceptors (Lipinski definition) is 1. The number of benzene rings is 1. The van der Waals surface area contributed by atoms with Crippen molar-refractivity contribution in [3.05, 3.63) is 34.9 Å². The lowest BCUT2D eigenvalue weighted by Gasteiger charge is -2.14. The van der Waals surface area contributed by atoms with Gasteiger partial charge in [-0.15, -0.1) is 0 Å². The van der Waals surface area contributed by atoms with Gasteiger partial charge < -0.3 is 5.73 Å². The first kappa shape index (κ1) is 14.8. The van der Waals surface area contributed by atoms with Crippen molar-refractivity contribution in [2.45, 2.75) is 25.2 Å². The summed E-state index contributed by atoms with van der Waals surface area (Å²) in [5.74, 6) is 0. The molecule has 1 rings (SSSR count). The van der Waals surface area contributed by atoms with E-state index >= 15 is 0 Å². The summed E-state index contributed by atoms with van der Waals surface area (Å²) in [5, 5.41) is 0. The van der Waals surface area contributed by atoms with Crippen LogP contribution in [0.3, 0.4) is 0 Å². The number of halogens is 6. The Morgan fingerprint density at radius 1 is 0.833 bits per heavy atom. The molecule has 18 heavy (non-hydrogen) atoms. The zero-order chi connectivity index (χ0) is 14.0. The Labute approximate surface area is 99.6 Å². The van der Waals surface area contributed by atoms with E-state index in [1.165, 1.54) is 0 Å². The van der Waals surface area contributed by atoms with Gasteiger partial charge in [0.05, 0.1) is 11.1 Å². The van der Waals surface area contributed by atoms with Crippen LogP contribution in [0, 0.1) is 0 Å². The first-order valence-electron chi connectivity index (χ1n) is 5.13. The maximum Gasteiger partial charge on any atom is 0.416 e. The minimum absolute atomic E-state index is 0.0115. The highest BCUT2D eigenvalue weighted by molar-refractivity contribution is 5.33. The zero-order valence-electron chi connectivity index (χ0n) is 9.20. The topological polar surface area (TPSA) is 26.0 Å². The van der Waals surface area contributed by atoms with Gasteiger partial charge in [-0.2, -0.15) is 26.3 Å². The van der Waals surface area contributed by atoms with Crippen LogP contribution in [-0.2, 0) is 18.8 Å². The Morgan fingerprint density at radius 3 is 1.61 bits per heavy atom. The molecular formula is C11H11F6N. The first-order valence-corrected chi connectivity index (χ1v) is 5.13. The molecule has 0 amide bonds. The van der Waals surface area contributed by atoms with Crippen LogP contribution in [0.5, 0.6) is 0 Å². The molecule has 1 aromatic carbocycles. The number of alkyl halides is 6. The number of hydrogen-bond donors (Lipinski definition) is 1. The van der Waals surface area contributed by atoms with E-state index in [1.54, 1.807) is 0 Å². The van der Waals surface area contributed by atoms with Crippen LogP contribution in [0.25, 0.3) is 0 Å². The zero-order valence-corrected chi connectivity index (χ0v) is 9.20. The van der Waals surface area contributed by atoms with Crippen LogP contribution in [0.2, 0.25) is 0 Å². The first-order chi connectivity index (χ1) is 8.14. The van der Waals surface area contributed by atoms with Crippen LogP contribution in [0.4, 0.5) is 26.3 Å². The Hall–Kier alpha value is -1.24. The molecule has 0 radical (unpaired) electrons. The summed E-state index contributed by atoms with van der Waals surface area (Å²) in [7, 11) is 0. The van der Waals surface area contributed by atoms with Gasteiger partial charge in [-0.25, -0.2) is 0 Å². The summed E-state index contributed by atoms with van der Waals surface area (Å²) >= 11 is 0. The van der Waals surface area contributed by atoms with Crippen LogP contribution in [0.15, 0.2) is 18.2 Å². The standard InChI is InChI=1S/C11H11F6N/c12-10(13,14)8-4-7(2-1-3-18)5-9(6-8)11(15,16)17/h4-6H,1-3,18H2. The lowest BCUT2D eigenvalue weighted by molar-refractivity contribution is -0.143. The maximum absolute atomic E-state index is 12.5. The summed E-state index contributed by atoms with van der Waals surface area (Å²) in [4.78, 5) is 0. The monoisotopic (exact) mass is 271 g/mol. The molecule has 1 aromatic rings. The summed E-state index contributed by atoms with van der Waals surface area (Å²) < 4.78 is 74.8. The van der Waals surface area contributed by atoms with Crippen LogP contribution in [0.1, 0.15) is 23.1 Å². The van der Waals surface area contributed by atoms with Crippen LogP contribution < -0.4 is 5.73 Å². The van der Waals surface area contributed by atoms with Gasteiger partial charge in [0.25, 0.3) is 0 Å². The Kier molecular flexibility index (Phi) is 4.26. The van der Waals surface area contributed by atoms with E-state index < -0.39 is 23.5 Å². The van der Waals surface area contributed by atoms with Crippen molar-refractivity contribution in [1.82, 2.24) is 0 Å². The summed E-state index contributed by atoms with van der Waals surface area (Å²) in [6, 6.07) is 1.57. The average molecular weight is 271 g/mol. The Balaban J connectivity index is 3.21. The van der Waals surface area contributed by atoms with Crippen LogP contribution in [-0.4, -0.2) is 6.54 Å². The van der Waals surface area contributed by atoms with E-state index in [-0.39, 0.29) is 24.6 Å². The second-order valence-corrected chi connectivity index (χ2v) is 3.81. The maximum atomic E-state index is 12.5. The highest BCUT2D eigenvalue weighted by Gasteiger charge is 2.36. The molecule has 0 aliphatic heterocycles. The van der Waals surface area contributed by atoms with Crippen molar-refractivity contribution in [3.63, 3.8) is 0 Å². The van der Waals surface area contributed by atoms with E-state index in [2.05, 4.69) is 0 Å². The van der Waals surface area contributed by atoms with Crippen LogP contribution >= 0.6 is 0 Å². The molecule has 2 N–H and O–H groups in total. The number of nitrogens with two attached hydrogens (primary N) is 1. The third kappa shape index (κ3) is 3.90. The lowest BCUT2D eigenvalue weighted by atomic mass is 10.0. The van der Waals surface area contributed by atoms with Crippen molar-refractivity contribution < 1.29 is 26.3 Å². The van der Waals surface area contributed by atoms with E-state index in [9.17, 15) is 26.3 Å². The van der Waals surface area contributed by atoms with Gasteiger partial charge in [-0.3, -0.25) is 0 Å². The quantitative estimate of drug-likeness (QED) is 0.835. The second-order valence-electron chi connectivity index (χ2n) is 3.81. The molecule has 0 saturated carbocycles. The summed E-state index contributed by atoms with van der Waals surface area (Å²) in [5.41, 5.74) is 2.59. The Bertz CT molecular complexity index is 375. The highest BCUT2D eigenvalue weighted by Crippen LogP contribution is 2.36. The predicted molar refractivity (Wildman–Crippen MR) is 53.8 cm³/mol. The van der Waals surface area contributed by atoms with Gasteiger partial charge in [0.2, 0.25) is 0 Å². The molecular weight excluding hydrogens is 260 g/mol. The van der Waals surface area contributed by atoms with E-state index in [0.29, 0.717) is 6.42 Å². The summed E-state index contributed by atoms with van der Waals surface area (Å²) in [6.07, 6.45) is -9.17. The van der Waals surface area contributed by atoms with Crippen molar-refractivity contribution in [2.75, 3.05) is 6.54 Å². The SMILES string of the molecule is NCCCc1cc(C(F)(F)F)cc(C(F)(F)F)c1. The fourth-order valence-electron chi connectivity index (χ4n) is 1.47. The number of aryl methyl sites for hydroxylation is 1. The molecule has 0 unspecified atom stereocenters. The molecule has 0 atom stereocenters. The highest BCUT2D eigenvalue weighted by atomic mass is 19.4. The van der Waals surface area contributed by atoms with Gasteiger partial charge in [0.1, 0.15) is 0 Å². The van der Waals surface area contributed by atoms with Gasteiger partial charge in [-0.1, -0.05) is 0 Å². The Morgan fingerprint density at radius 2 is 1.28 bits per heavy atom.